The summed E-state index contributed by atoms with van der Waals surface area (Å²) in [5.74, 6) is 6.05. The molecule has 0 aromatic heterocycles. The molecular formula is C31H50O2. The molecule has 0 aromatic rings. The standard InChI is InChI=1S/C31H50O2/c32-29-18-16-27(22-11-3-5-13-24(22)29)31(26-15-7-9-20-8-1-2-10-21(20)26)28-17-19-30(33)25-14-6-4-12-23(25)28/h22-33H,1-19H2. The van der Waals surface area contributed by atoms with Crippen LogP contribution in [0, 0.1) is 47.3 Å². The van der Waals surface area contributed by atoms with Crippen molar-refractivity contribution in [1.29, 1.82) is 0 Å². The third kappa shape index (κ3) is 4.28. The van der Waals surface area contributed by atoms with Crippen LogP contribution in [-0.4, -0.2) is 22.4 Å². The Kier molecular flexibility index (Phi) is 6.97. The Labute approximate surface area is 203 Å². The van der Waals surface area contributed by atoms with Crippen LogP contribution in [0.2, 0.25) is 0 Å². The van der Waals surface area contributed by atoms with Gasteiger partial charge in [0.15, 0.2) is 0 Å². The molecule has 2 nitrogen and oxygen atoms in total. The first-order valence-corrected chi connectivity index (χ1v) is 15.3. The molecule has 0 saturated heterocycles. The molecule has 6 rings (SSSR count). The van der Waals surface area contributed by atoms with E-state index in [-0.39, 0.29) is 12.2 Å². The summed E-state index contributed by atoms with van der Waals surface area (Å²) in [7, 11) is 0. The first kappa shape index (κ1) is 23.1. The summed E-state index contributed by atoms with van der Waals surface area (Å²) in [5, 5.41) is 22.0. The number of aliphatic hydroxyl groups is 2. The molecule has 0 aliphatic heterocycles. The van der Waals surface area contributed by atoms with Crippen LogP contribution in [0.3, 0.4) is 0 Å². The Morgan fingerprint density at radius 1 is 0.485 bits per heavy atom. The van der Waals surface area contributed by atoms with Crippen molar-refractivity contribution in [1.82, 2.24) is 0 Å². The van der Waals surface area contributed by atoms with Gasteiger partial charge in [0, 0.05) is 0 Å². The lowest BCUT2D eigenvalue weighted by molar-refractivity contribution is -0.0940. The maximum absolute atomic E-state index is 11.0. The fourth-order valence-corrected chi connectivity index (χ4v) is 10.7. The highest BCUT2D eigenvalue weighted by Crippen LogP contribution is 2.58. The van der Waals surface area contributed by atoms with Gasteiger partial charge in [-0.2, -0.15) is 0 Å². The summed E-state index contributed by atoms with van der Waals surface area (Å²) >= 11 is 0. The van der Waals surface area contributed by atoms with E-state index < -0.39 is 0 Å². The van der Waals surface area contributed by atoms with E-state index in [0.717, 1.165) is 48.3 Å². The molecule has 6 aliphatic carbocycles. The van der Waals surface area contributed by atoms with Crippen molar-refractivity contribution in [2.45, 2.75) is 134 Å². The fraction of sp³-hybridized carbons (Fsp3) is 0.935. The summed E-state index contributed by atoms with van der Waals surface area (Å²) in [4.78, 5) is 0. The average molecular weight is 455 g/mol. The quantitative estimate of drug-likeness (QED) is 0.435. The van der Waals surface area contributed by atoms with Gasteiger partial charge in [-0.1, -0.05) is 36.8 Å². The molecule has 2 heteroatoms. The van der Waals surface area contributed by atoms with Crippen molar-refractivity contribution in [2.75, 3.05) is 0 Å². The zero-order valence-electron chi connectivity index (χ0n) is 21.1. The van der Waals surface area contributed by atoms with Gasteiger partial charge in [0.25, 0.3) is 0 Å². The van der Waals surface area contributed by atoms with Crippen LogP contribution < -0.4 is 0 Å². The predicted octanol–water partition coefficient (Wildman–Crippen LogP) is 7.43. The lowest BCUT2D eigenvalue weighted by atomic mass is 9.50. The Bertz CT molecular complexity index is 670. The van der Waals surface area contributed by atoms with Crippen molar-refractivity contribution in [3.63, 3.8) is 0 Å². The van der Waals surface area contributed by atoms with Crippen LogP contribution in [0.4, 0.5) is 0 Å². The molecule has 0 spiro atoms. The number of allylic oxidation sites excluding steroid dienone is 2. The zero-order chi connectivity index (χ0) is 22.4. The Morgan fingerprint density at radius 2 is 1.00 bits per heavy atom. The van der Waals surface area contributed by atoms with Crippen LogP contribution in [0.15, 0.2) is 11.1 Å². The predicted molar refractivity (Wildman–Crippen MR) is 135 cm³/mol. The Balaban J connectivity index is 1.38. The third-order valence-electron chi connectivity index (χ3n) is 12.0. The van der Waals surface area contributed by atoms with E-state index in [2.05, 4.69) is 0 Å². The molecule has 2 N–H and O–H groups in total. The van der Waals surface area contributed by atoms with Crippen LogP contribution in [0.5, 0.6) is 0 Å². The molecule has 0 amide bonds. The highest BCUT2D eigenvalue weighted by atomic mass is 16.3. The van der Waals surface area contributed by atoms with E-state index in [9.17, 15) is 10.2 Å². The molecule has 9 unspecified atom stereocenters. The molecule has 9 atom stereocenters. The van der Waals surface area contributed by atoms with E-state index in [4.69, 9.17) is 0 Å². The Hall–Kier alpha value is -0.340. The van der Waals surface area contributed by atoms with Crippen LogP contribution >= 0.6 is 0 Å². The number of hydrogen-bond donors (Lipinski definition) is 2. The zero-order valence-corrected chi connectivity index (χ0v) is 21.1. The number of rotatable bonds is 3. The van der Waals surface area contributed by atoms with Crippen molar-refractivity contribution >= 4 is 0 Å². The largest absolute Gasteiger partial charge is 0.393 e. The molecular weight excluding hydrogens is 404 g/mol. The second-order valence-electron chi connectivity index (χ2n) is 13.3. The van der Waals surface area contributed by atoms with E-state index in [0.29, 0.717) is 11.8 Å². The first-order valence-electron chi connectivity index (χ1n) is 15.3. The molecule has 0 heterocycles. The normalized spacial score (nSPS) is 47.3. The van der Waals surface area contributed by atoms with Gasteiger partial charge in [-0.05, 0) is 144 Å². The number of hydrogen-bond acceptors (Lipinski definition) is 2. The Morgan fingerprint density at radius 3 is 1.61 bits per heavy atom. The highest BCUT2D eigenvalue weighted by Gasteiger charge is 2.52. The minimum Gasteiger partial charge on any atom is -0.393 e. The van der Waals surface area contributed by atoms with Crippen LogP contribution in [-0.2, 0) is 0 Å². The van der Waals surface area contributed by atoms with E-state index in [1.165, 1.54) is 109 Å². The minimum absolute atomic E-state index is 0.0291. The van der Waals surface area contributed by atoms with Gasteiger partial charge in [0.1, 0.15) is 0 Å². The van der Waals surface area contributed by atoms with Gasteiger partial charge in [-0.3, -0.25) is 0 Å². The monoisotopic (exact) mass is 454 g/mol. The van der Waals surface area contributed by atoms with Crippen molar-refractivity contribution in [3.05, 3.63) is 11.1 Å². The van der Waals surface area contributed by atoms with Crippen molar-refractivity contribution in [2.24, 2.45) is 47.3 Å². The maximum atomic E-state index is 11.0. The molecule has 0 radical (unpaired) electrons. The van der Waals surface area contributed by atoms with E-state index in [1.807, 2.05) is 11.1 Å². The lowest BCUT2D eigenvalue weighted by Crippen LogP contribution is -2.51. The van der Waals surface area contributed by atoms with E-state index in [1.54, 1.807) is 0 Å². The smallest absolute Gasteiger partial charge is 0.0571 e. The molecule has 33 heavy (non-hydrogen) atoms. The fourth-order valence-electron chi connectivity index (χ4n) is 10.7. The summed E-state index contributed by atoms with van der Waals surface area (Å²) < 4.78 is 0. The lowest BCUT2D eigenvalue weighted by Gasteiger charge is -2.56. The highest BCUT2D eigenvalue weighted by molar-refractivity contribution is 5.24. The van der Waals surface area contributed by atoms with E-state index >= 15 is 0 Å². The molecule has 4 fully saturated rings. The second kappa shape index (κ2) is 9.96. The van der Waals surface area contributed by atoms with Gasteiger partial charge in [-0.15, -0.1) is 0 Å². The van der Waals surface area contributed by atoms with Gasteiger partial charge in [0.05, 0.1) is 12.2 Å². The number of aliphatic hydroxyl groups excluding tert-OH is 2. The van der Waals surface area contributed by atoms with Gasteiger partial charge in [-0.25, -0.2) is 0 Å². The molecule has 0 bridgehead atoms. The van der Waals surface area contributed by atoms with Gasteiger partial charge in [0.2, 0.25) is 0 Å². The molecule has 4 saturated carbocycles. The second-order valence-corrected chi connectivity index (χ2v) is 13.3. The average Bonchev–Trinajstić information content (AvgIpc) is 2.87. The van der Waals surface area contributed by atoms with Gasteiger partial charge < -0.3 is 10.2 Å². The van der Waals surface area contributed by atoms with Crippen LogP contribution in [0.25, 0.3) is 0 Å². The molecule has 6 aliphatic rings. The SMILES string of the molecule is OC1CCC(C(C2CCCC3=C2CCCC3)C2CCC(O)C3CCCCC32)C2CCCCC12. The van der Waals surface area contributed by atoms with Gasteiger partial charge >= 0.3 is 0 Å². The molecule has 186 valence electrons. The summed E-state index contributed by atoms with van der Waals surface area (Å²) in [5.41, 5.74) is 3.82. The van der Waals surface area contributed by atoms with Crippen LogP contribution in [0.1, 0.15) is 122 Å². The van der Waals surface area contributed by atoms with Crippen molar-refractivity contribution < 1.29 is 10.2 Å². The summed E-state index contributed by atoms with van der Waals surface area (Å²) in [6.45, 7) is 0. The third-order valence-corrected chi connectivity index (χ3v) is 12.0. The topological polar surface area (TPSA) is 40.5 Å². The summed E-state index contributed by atoms with van der Waals surface area (Å²) in [6.07, 6.45) is 25.3. The first-order chi connectivity index (χ1) is 16.2. The van der Waals surface area contributed by atoms with Crippen molar-refractivity contribution in [3.8, 4) is 0 Å². The minimum atomic E-state index is -0.0291. The maximum Gasteiger partial charge on any atom is 0.0571 e. The molecule has 0 aromatic carbocycles. The summed E-state index contributed by atoms with van der Waals surface area (Å²) in [6, 6.07) is 0. The number of fused-ring (bicyclic) bond motifs is 2.